The summed E-state index contributed by atoms with van der Waals surface area (Å²) in [5.74, 6) is -1.16. The second-order valence-electron chi connectivity index (χ2n) is 5.02. The number of hydrogen-bond donors (Lipinski definition) is 1. The van der Waals surface area contributed by atoms with Gasteiger partial charge in [0.15, 0.2) is 0 Å². The number of nitrogens with two attached hydrogens (primary N) is 1. The first-order chi connectivity index (χ1) is 10.3. The first-order valence-electron chi connectivity index (χ1n) is 6.70. The first-order valence-corrected chi connectivity index (χ1v) is 6.70. The molecule has 0 radical (unpaired) electrons. The van der Waals surface area contributed by atoms with E-state index in [9.17, 15) is 22.8 Å². The van der Waals surface area contributed by atoms with Crippen molar-refractivity contribution in [2.75, 3.05) is 6.54 Å². The summed E-state index contributed by atoms with van der Waals surface area (Å²) < 4.78 is 39.9. The maximum absolute atomic E-state index is 12.2. The van der Waals surface area contributed by atoms with Crippen LogP contribution in [-0.2, 0) is 16.0 Å². The van der Waals surface area contributed by atoms with Crippen molar-refractivity contribution in [2.45, 2.75) is 31.7 Å². The molecule has 0 aromatic heterocycles. The van der Waals surface area contributed by atoms with Crippen LogP contribution in [0.25, 0.3) is 0 Å². The number of amides is 2. The topological polar surface area (TPSA) is 72.6 Å². The molecule has 2 rings (SSSR count). The summed E-state index contributed by atoms with van der Waals surface area (Å²) in [5, 5.41) is 0. The zero-order chi connectivity index (χ0) is 16.3. The molecule has 0 saturated carbocycles. The Bertz CT molecular complexity index is 557. The minimum atomic E-state index is -4.75. The van der Waals surface area contributed by atoms with Crippen LogP contribution in [0.1, 0.15) is 18.4 Å². The molecule has 0 spiro atoms. The van der Waals surface area contributed by atoms with Crippen LogP contribution >= 0.6 is 0 Å². The summed E-state index contributed by atoms with van der Waals surface area (Å²) >= 11 is 0. The van der Waals surface area contributed by atoms with Crippen LogP contribution in [0.5, 0.6) is 5.75 Å². The second-order valence-corrected chi connectivity index (χ2v) is 5.02. The van der Waals surface area contributed by atoms with E-state index in [1.54, 1.807) is 0 Å². The highest BCUT2D eigenvalue weighted by Gasteiger charge is 2.33. The molecule has 1 atom stereocenters. The van der Waals surface area contributed by atoms with Crippen LogP contribution in [0.15, 0.2) is 24.3 Å². The van der Waals surface area contributed by atoms with E-state index in [1.165, 1.54) is 17.0 Å². The zero-order valence-electron chi connectivity index (χ0n) is 11.6. The van der Waals surface area contributed by atoms with Crippen molar-refractivity contribution in [3.63, 3.8) is 0 Å². The molecule has 0 aliphatic carbocycles. The molecule has 2 amide bonds. The highest BCUT2D eigenvalue weighted by molar-refractivity contribution is 5.88. The van der Waals surface area contributed by atoms with Gasteiger partial charge in [0.05, 0.1) is 6.42 Å². The van der Waals surface area contributed by atoms with Crippen molar-refractivity contribution in [1.82, 2.24) is 4.90 Å². The van der Waals surface area contributed by atoms with Gasteiger partial charge < -0.3 is 15.4 Å². The molecular formula is C14H15F3N2O3. The van der Waals surface area contributed by atoms with Gasteiger partial charge in [0, 0.05) is 6.54 Å². The molecule has 22 heavy (non-hydrogen) atoms. The molecule has 1 aliphatic rings. The van der Waals surface area contributed by atoms with E-state index in [0.717, 1.165) is 12.1 Å². The van der Waals surface area contributed by atoms with Gasteiger partial charge >= 0.3 is 6.36 Å². The number of hydrogen-bond acceptors (Lipinski definition) is 3. The number of ether oxygens (including phenoxy) is 1. The highest BCUT2D eigenvalue weighted by Crippen LogP contribution is 2.23. The number of halogens is 3. The Morgan fingerprint density at radius 3 is 2.45 bits per heavy atom. The molecule has 2 N–H and O–H groups in total. The number of rotatable bonds is 4. The lowest BCUT2D eigenvalue weighted by atomic mass is 10.1. The van der Waals surface area contributed by atoms with Crippen LogP contribution in [0.2, 0.25) is 0 Å². The Morgan fingerprint density at radius 2 is 1.91 bits per heavy atom. The normalized spacial score (nSPS) is 18.3. The minimum Gasteiger partial charge on any atom is -0.406 e. The van der Waals surface area contributed by atoms with Gasteiger partial charge in [-0.3, -0.25) is 9.59 Å². The van der Waals surface area contributed by atoms with E-state index in [0.29, 0.717) is 24.9 Å². The Kier molecular flexibility index (Phi) is 4.58. The molecule has 1 aromatic rings. The number of alkyl halides is 3. The summed E-state index contributed by atoms with van der Waals surface area (Å²) in [6.45, 7) is 0.460. The Labute approximate surface area is 124 Å². The van der Waals surface area contributed by atoms with Crippen molar-refractivity contribution in [1.29, 1.82) is 0 Å². The lowest BCUT2D eigenvalue weighted by Crippen LogP contribution is -2.44. The van der Waals surface area contributed by atoms with Crippen LogP contribution in [0.3, 0.4) is 0 Å². The largest absolute Gasteiger partial charge is 0.573 e. The van der Waals surface area contributed by atoms with Gasteiger partial charge in [-0.15, -0.1) is 13.2 Å². The second kappa shape index (κ2) is 6.25. The van der Waals surface area contributed by atoms with Crippen molar-refractivity contribution in [3.8, 4) is 5.75 Å². The number of likely N-dealkylation sites (tertiary alicyclic amines) is 1. The predicted octanol–water partition coefficient (Wildman–Crippen LogP) is 1.60. The molecule has 0 bridgehead atoms. The van der Waals surface area contributed by atoms with Gasteiger partial charge in [0.2, 0.25) is 11.8 Å². The van der Waals surface area contributed by atoms with Gasteiger partial charge in [-0.25, -0.2) is 0 Å². The van der Waals surface area contributed by atoms with Gasteiger partial charge in [0.25, 0.3) is 0 Å². The number of nitrogens with zero attached hydrogens (tertiary/aromatic N) is 1. The van der Waals surface area contributed by atoms with E-state index < -0.39 is 18.3 Å². The van der Waals surface area contributed by atoms with Gasteiger partial charge in [0.1, 0.15) is 11.8 Å². The lowest BCUT2D eigenvalue weighted by Gasteiger charge is -2.22. The van der Waals surface area contributed by atoms with Crippen LogP contribution in [0, 0.1) is 0 Å². The average molecular weight is 316 g/mol. The predicted molar refractivity (Wildman–Crippen MR) is 70.8 cm³/mol. The molecular weight excluding hydrogens is 301 g/mol. The van der Waals surface area contributed by atoms with Crippen molar-refractivity contribution in [2.24, 2.45) is 5.73 Å². The molecule has 1 aliphatic heterocycles. The Morgan fingerprint density at radius 1 is 1.27 bits per heavy atom. The van der Waals surface area contributed by atoms with Crippen molar-refractivity contribution >= 4 is 11.8 Å². The van der Waals surface area contributed by atoms with Gasteiger partial charge in [-0.05, 0) is 30.5 Å². The Hall–Kier alpha value is -2.25. The van der Waals surface area contributed by atoms with Crippen molar-refractivity contribution < 1.29 is 27.5 Å². The number of primary amides is 1. The zero-order valence-corrected chi connectivity index (χ0v) is 11.6. The first kappa shape index (κ1) is 16.1. The van der Waals surface area contributed by atoms with E-state index >= 15 is 0 Å². The van der Waals surface area contributed by atoms with E-state index in [2.05, 4.69) is 4.74 Å². The summed E-state index contributed by atoms with van der Waals surface area (Å²) in [5.41, 5.74) is 5.78. The third kappa shape index (κ3) is 4.12. The summed E-state index contributed by atoms with van der Waals surface area (Å²) in [7, 11) is 0. The van der Waals surface area contributed by atoms with E-state index in [4.69, 9.17) is 5.73 Å². The monoisotopic (exact) mass is 316 g/mol. The fraction of sp³-hybridized carbons (Fsp3) is 0.429. The van der Waals surface area contributed by atoms with Gasteiger partial charge in [-0.1, -0.05) is 12.1 Å². The van der Waals surface area contributed by atoms with Crippen LogP contribution in [-0.4, -0.2) is 35.7 Å². The quantitative estimate of drug-likeness (QED) is 0.917. The third-order valence-corrected chi connectivity index (χ3v) is 3.41. The summed E-state index contributed by atoms with van der Waals surface area (Å²) in [4.78, 5) is 24.8. The van der Waals surface area contributed by atoms with E-state index in [-0.39, 0.29) is 18.1 Å². The molecule has 0 unspecified atom stereocenters. The van der Waals surface area contributed by atoms with Gasteiger partial charge in [-0.2, -0.15) is 0 Å². The fourth-order valence-corrected chi connectivity index (χ4v) is 2.45. The average Bonchev–Trinajstić information content (AvgIpc) is 2.89. The molecule has 1 aromatic carbocycles. The van der Waals surface area contributed by atoms with Crippen molar-refractivity contribution in [3.05, 3.63) is 29.8 Å². The molecule has 8 heteroatoms. The highest BCUT2D eigenvalue weighted by atomic mass is 19.4. The van der Waals surface area contributed by atoms with E-state index in [1.807, 2.05) is 0 Å². The van der Waals surface area contributed by atoms with Crippen LogP contribution < -0.4 is 10.5 Å². The fourth-order valence-electron chi connectivity index (χ4n) is 2.45. The standard InChI is InChI=1S/C14H15F3N2O3/c15-14(16,17)22-10-5-3-9(4-6-10)8-12(20)19-7-1-2-11(19)13(18)21/h3-6,11H,1-2,7-8H2,(H2,18,21)/t11-/m1/s1. The SMILES string of the molecule is NC(=O)[C@H]1CCCN1C(=O)Cc1ccc(OC(F)(F)F)cc1. The molecule has 1 heterocycles. The smallest absolute Gasteiger partial charge is 0.406 e. The maximum atomic E-state index is 12.2. The maximum Gasteiger partial charge on any atom is 0.573 e. The third-order valence-electron chi connectivity index (χ3n) is 3.41. The lowest BCUT2D eigenvalue weighted by molar-refractivity contribution is -0.274. The summed E-state index contributed by atoms with van der Waals surface area (Å²) in [6.07, 6.45) is -3.51. The molecule has 1 saturated heterocycles. The number of carbonyl (C=O) groups excluding carboxylic acids is 2. The Balaban J connectivity index is 1.98. The van der Waals surface area contributed by atoms with Crippen LogP contribution in [0.4, 0.5) is 13.2 Å². The minimum absolute atomic E-state index is 0.00389. The number of benzene rings is 1. The molecule has 5 nitrogen and oxygen atoms in total. The number of carbonyl (C=O) groups is 2. The molecule has 120 valence electrons. The summed E-state index contributed by atoms with van der Waals surface area (Å²) in [6, 6.07) is 4.46. The molecule has 1 fully saturated rings.